The fourth-order valence-corrected chi connectivity index (χ4v) is 2.92. The number of nitrogens with zero attached hydrogens (tertiary/aromatic N) is 3. The summed E-state index contributed by atoms with van der Waals surface area (Å²) in [6, 6.07) is 3.12. The summed E-state index contributed by atoms with van der Waals surface area (Å²) in [6.45, 7) is 5.73. The van der Waals surface area contributed by atoms with Crippen LogP contribution in [0.3, 0.4) is 0 Å². The number of hydrogen-bond donors (Lipinski definition) is 1. The minimum Gasteiger partial charge on any atom is -0.303 e. The maximum absolute atomic E-state index is 11.3. The van der Waals surface area contributed by atoms with Gasteiger partial charge in [0.05, 0.1) is 0 Å². The Bertz CT molecular complexity index is 615. The smallest absolute Gasteiger partial charge is 0.183 e. The van der Waals surface area contributed by atoms with E-state index in [2.05, 4.69) is 21.9 Å². The van der Waals surface area contributed by atoms with Crippen LogP contribution in [0, 0.1) is 5.92 Å². The summed E-state index contributed by atoms with van der Waals surface area (Å²) in [5.41, 5.74) is 0.721. The number of fused-ring (bicyclic) bond motifs is 1. The van der Waals surface area contributed by atoms with Gasteiger partial charge in [-0.15, -0.1) is 0 Å². The van der Waals surface area contributed by atoms with Gasteiger partial charge in [-0.1, -0.05) is 6.92 Å². The lowest BCUT2D eigenvalue weighted by molar-refractivity contribution is 0.181. The minimum absolute atomic E-state index is 0.00729. The van der Waals surface area contributed by atoms with Gasteiger partial charge in [0.15, 0.2) is 11.1 Å². The standard InChI is InChI=1S/C14H20N4O/c1-2-17-6-3-4-11(10-17)8-13-15-14-9-12(19)5-7-18(14)16-13/h5,7,9,11H,2-4,6,8,10H2,1H3,(H,15,16). The van der Waals surface area contributed by atoms with E-state index in [-0.39, 0.29) is 5.43 Å². The minimum atomic E-state index is 0.00729. The SMILES string of the molecule is CCN1CCCC(Cc2nc3cc(=O)ccn3[nH]2)C1. The topological polar surface area (TPSA) is 53.4 Å². The highest BCUT2D eigenvalue weighted by atomic mass is 16.1. The monoisotopic (exact) mass is 260 g/mol. The second-order valence-electron chi connectivity index (χ2n) is 5.37. The van der Waals surface area contributed by atoms with Crippen LogP contribution in [0.25, 0.3) is 5.65 Å². The molecule has 19 heavy (non-hydrogen) atoms. The number of aromatic nitrogens is 3. The third kappa shape index (κ3) is 2.71. The number of rotatable bonds is 3. The Morgan fingerprint density at radius 3 is 3.26 bits per heavy atom. The Morgan fingerprint density at radius 2 is 2.42 bits per heavy atom. The van der Waals surface area contributed by atoms with Crippen molar-refractivity contribution in [3.63, 3.8) is 0 Å². The fourth-order valence-electron chi connectivity index (χ4n) is 2.92. The van der Waals surface area contributed by atoms with Gasteiger partial charge < -0.3 is 4.90 Å². The molecule has 0 bridgehead atoms. The van der Waals surface area contributed by atoms with Crippen LogP contribution in [0.5, 0.6) is 0 Å². The summed E-state index contributed by atoms with van der Waals surface area (Å²) in [4.78, 5) is 18.3. The molecule has 0 radical (unpaired) electrons. The average Bonchev–Trinajstić information content (AvgIpc) is 2.80. The lowest BCUT2D eigenvalue weighted by Gasteiger charge is -2.31. The van der Waals surface area contributed by atoms with Gasteiger partial charge in [0.1, 0.15) is 5.82 Å². The first kappa shape index (κ1) is 12.4. The first-order chi connectivity index (χ1) is 9.24. The van der Waals surface area contributed by atoms with Crippen LogP contribution in [0.1, 0.15) is 25.6 Å². The lowest BCUT2D eigenvalue weighted by Crippen LogP contribution is -2.36. The molecule has 1 fully saturated rings. The molecule has 1 N–H and O–H groups in total. The summed E-state index contributed by atoms with van der Waals surface area (Å²) in [7, 11) is 0. The van der Waals surface area contributed by atoms with Gasteiger partial charge >= 0.3 is 0 Å². The lowest BCUT2D eigenvalue weighted by atomic mass is 9.94. The van der Waals surface area contributed by atoms with Crippen molar-refractivity contribution in [3.8, 4) is 0 Å². The second-order valence-corrected chi connectivity index (χ2v) is 5.37. The van der Waals surface area contributed by atoms with E-state index in [1.165, 1.54) is 19.4 Å². The maximum atomic E-state index is 11.3. The van der Waals surface area contributed by atoms with Crippen molar-refractivity contribution in [2.24, 2.45) is 5.92 Å². The van der Waals surface area contributed by atoms with E-state index in [0.29, 0.717) is 11.6 Å². The number of H-pyrrole nitrogens is 1. The molecule has 1 saturated heterocycles. The molecule has 1 aliphatic heterocycles. The molecule has 3 rings (SSSR count). The predicted molar refractivity (Wildman–Crippen MR) is 74.4 cm³/mol. The van der Waals surface area contributed by atoms with E-state index in [0.717, 1.165) is 25.3 Å². The Morgan fingerprint density at radius 1 is 1.53 bits per heavy atom. The Labute approximate surface area is 112 Å². The highest BCUT2D eigenvalue weighted by Gasteiger charge is 2.20. The summed E-state index contributed by atoms with van der Waals surface area (Å²) >= 11 is 0. The number of pyridine rings is 1. The maximum Gasteiger partial charge on any atom is 0.183 e. The van der Waals surface area contributed by atoms with Crippen LogP contribution < -0.4 is 5.43 Å². The van der Waals surface area contributed by atoms with E-state index in [9.17, 15) is 4.79 Å². The molecular formula is C14H20N4O. The molecule has 0 aliphatic carbocycles. The van der Waals surface area contributed by atoms with E-state index in [4.69, 9.17) is 0 Å². The zero-order chi connectivity index (χ0) is 13.2. The van der Waals surface area contributed by atoms with E-state index < -0.39 is 0 Å². The number of hydrogen-bond acceptors (Lipinski definition) is 3. The van der Waals surface area contributed by atoms with Crippen molar-refractivity contribution < 1.29 is 0 Å². The highest BCUT2D eigenvalue weighted by Crippen LogP contribution is 2.19. The summed E-state index contributed by atoms with van der Waals surface area (Å²) in [5.74, 6) is 1.65. The summed E-state index contributed by atoms with van der Waals surface area (Å²) in [6.07, 6.45) is 5.25. The van der Waals surface area contributed by atoms with Crippen molar-refractivity contribution in [1.82, 2.24) is 19.5 Å². The number of aromatic amines is 1. The third-order valence-electron chi connectivity index (χ3n) is 3.94. The predicted octanol–water partition coefficient (Wildman–Crippen LogP) is 1.30. The van der Waals surface area contributed by atoms with Gasteiger partial charge in [-0.2, -0.15) is 0 Å². The van der Waals surface area contributed by atoms with Crippen LogP contribution >= 0.6 is 0 Å². The van der Waals surface area contributed by atoms with Gasteiger partial charge in [-0.05, 0) is 31.8 Å². The van der Waals surface area contributed by atoms with Gasteiger partial charge in [-0.3, -0.25) is 9.89 Å². The normalized spacial score (nSPS) is 21.0. The quantitative estimate of drug-likeness (QED) is 0.905. The largest absolute Gasteiger partial charge is 0.303 e. The Hall–Kier alpha value is -1.62. The molecule has 2 aromatic rings. The first-order valence-corrected chi connectivity index (χ1v) is 7.04. The Balaban J connectivity index is 1.75. The average molecular weight is 260 g/mol. The number of piperidine rings is 1. The molecule has 0 amide bonds. The molecule has 1 atom stereocenters. The first-order valence-electron chi connectivity index (χ1n) is 7.04. The van der Waals surface area contributed by atoms with Crippen molar-refractivity contribution >= 4 is 5.65 Å². The molecule has 102 valence electrons. The van der Waals surface area contributed by atoms with E-state index >= 15 is 0 Å². The molecular weight excluding hydrogens is 240 g/mol. The molecule has 5 heteroatoms. The van der Waals surface area contributed by atoms with Crippen LogP contribution in [0.4, 0.5) is 0 Å². The van der Waals surface area contributed by atoms with Gasteiger partial charge in [0, 0.05) is 31.3 Å². The van der Waals surface area contributed by atoms with Gasteiger partial charge in [0.2, 0.25) is 0 Å². The van der Waals surface area contributed by atoms with Gasteiger partial charge in [0.25, 0.3) is 0 Å². The van der Waals surface area contributed by atoms with Crippen LogP contribution in [0.15, 0.2) is 23.1 Å². The second kappa shape index (κ2) is 5.17. The highest BCUT2D eigenvalue weighted by molar-refractivity contribution is 5.36. The van der Waals surface area contributed by atoms with Crippen LogP contribution in [-0.4, -0.2) is 39.1 Å². The van der Waals surface area contributed by atoms with E-state index in [1.54, 1.807) is 18.3 Å². The molecule has 2 aromatic heterocycles. The third-order valence-corrected chi connectivity index (χ3v) is 3.94. The molecule has 1 aliphatic rings. The molecule has 3 heterocycles. The van der Waals surface area contributed by atoms with Gasteiger partial charge in [-0.25, -0.2) is 9.50 Å². The van der Waals surface area contributed by atoms with Crippen molar-refractivity contribution in [1.29, 1.82) is 0 Å². The summed E-state index contributed by atoms with van der Waals surface area (Å²) in [5, 5.41) is 3.25. The molecule has 5 nitrogen and oxygen atoms in total. The zero-order valence-corrected chi connectivity index (χ0v) is 11.3. The number of likely N-dealkylation sites (tertiary alicyclic amines) is 1. The molecule has 0 aromatic carbocycles. The van der Waals surface area contributed by atoms with Crippen LogP contribution in [-0.2, 0) is 6.42 Å². The molecule has 1 unspecified atom stereocenters. The van der Waals surface area contributed by atoms with Crippen LogP contribution in [0.2, 0.25) is 0 Å². The van der Waals surface area contributed by atoms with Crippen molar-refractivity contribution in [3.05, 3.63) is 34.4 Å². The van der Waals surface area contributed by atoms with E-state index in [1.807, 2.05) is 4.52 Å². The molecule has 0 saturated carbocycles. The zero-order valence-electron chi connectivity index (χ0n) is 11.3. The number of nitrogens with one attached hydrogen (secondary N) is 1. The fraction of sp³-hybridized carbons (Fsp3) is 0.571. The molecule has 0 spiro atoms. The summed E-state index contributed by atoms with van der Waals surface area (Å²) < 4.78 is 1.82. The van der Waals surface area contributed by atoms with Crippen molar-refractivity contribution in [2.45, 2.75) is 26.2 Å². The Kier molecular flexibility index (Phi) is 3.38. The van der Waals surface area contributed by atoms with Crippen molar-refractivity contribution in [2.75, 3.05) is 19.6 Å².